The second kappa shape index (κ2) is 9.86. The van der Waals surface area contributed by atoms with Crippen LogP contribution in [-0.2, 0) is 9.53 Å². The van der Waals surface area contributed by atoms with Crippen LogP contribution in [0.2, 0.25) is 0 Å². The molecule has 0 heterocycles. The molecule has 0 aliphatic rings. The summed E-state index contributed by atoms with van der Waals surface area (Å²) < 4.78 is 50.6. The van der Waals surface area contributed by atoms with E-state index in [0.717, 1.165) is 0 Å². The van der Waals surface area contributed by atoms with Crippen LogP contribution in [0.3, 0.4) is 0 Å². The first-order valence-corrected chi connectivity index (χ1v) is 9.41. The predicted octanol–water partition coefficient (Wildman–Crippen LogP) is 5.58. The van der Waals surface area contributed by atoms with E-state index in [1.54, 1.807) is 12.1 Å². The number of hydrogen-bond acceptors (Lipinski definition) is 2. The fourth-order valence-corrected chi connectivity index (χ4v) is 4.20. The molecule has 0 spiro atoms. The minimum absolute atomic E-state index is 0.373. The first kappa shape index (κ1) is 20.9. The van der Waals surface area contributed by atoms with Gasteiger partial charge in [0.1, 0.15) is 0 Å². The number of halogens is 5. The molecule has 0 N–H and O–H groups in total. The monoisotopic (exact) mass is 432 g/mol. The zero-order chi connectivity index (χ0) is 17.3. The largest absolute Gasteiger partial charge is 0.762 e. The Hall–Kier alpha value is -1.06. The molecule has 0 aromatic heterocycles. The predicted molar refractivity (Wildman–Crippen MR) is 88.6 cm³/mol. The molecule has 8 heteroatoms. The first-order valence-electron chi connectivity index (χ1n) is 6.27. The van der Waals surface area contributed by atoms with E-state index in [1.807, 2.05) is 39.0 Å². The molecule has 22 heavy (non-hydrogen) atoms. The Labute approximate surface area is 136 Å². The Bertz CT molecular complexity index is 487. The van der Waals surface area contributed by atoms with Crippen LogP contribution in [-0.4, -0.2) is 13.5 Å². The van der Waals surface area contributed by atoms with E-state index in [-0.39, 0.29) is 5.41 Å². The molecule has 1 aromatic rings. The standard InChI is InChI=1S/C14H18FIO2.BF3/c1-11(17)18-13(14(2,3)4)10-16(15)12-8-6-5-7-9-12;2-1(3)4/h5-10H,1-4H3;/b13-10-;. The van der Waals surface area contributed by atoms with Crippen LogP contribution < -0.4 is 0 Å². The number of ether oxygens (including phenoxy) is 1. The van der Waals surface area contributed by atoms with Crippen LogP contribution in [0.1, 0.15) is 27.7 Å². The summed E-state index contributed by atoms with van der Waals surface area (Å²) in [5.74, 6) is 0.0139. The molecule has 1 rings (SSSR count). The fourth-order valence-electron chi connectivity index (χ4n) is 1.18. The van der Waals surface area contributed by atoms with Crippen LogP contribution >= 0.6 is 20.4 Å². The van der Waals surface area contributed by atoms with Crippen molar-refractivity contribution < 1.29 is 25.3 Å². The molecule has 0 bridgehead atoms. The van der Waals surface area contributed by atoms with Gasteiger partial charge >= 0.3 is 123 Å². The van der Waals surface area contributed by atoms with Gasteiger partial charge in [-0.15, -0.1) is 0 Å². The van der Waals surface area contributed by atoms with E-state index >= 15 is 0 Å². The molecular formula is C14H18BF4IO2. The van der Waals surface area contributed by atoms with Crippen LogP contribution in [0.5, 0.6) is 0 Å². The number of rotatable bonds is 3. The summed E-state index contributed by atoms with van der Waals surface area (Å²) in [7, 11) is -3.67. The van der Waals surface area contributed by atoms with Crippen molar-refractivity contribution in [3.05, 3.63) is 43.7 Å². The van der Waals surface area contributed by atoms with Gasteiger partial charge in [-0.2, -0.15) is 0 Å². The molecule has 0 aliphatic carbocycles. The molecular weight excluding hydrogens is 414 g/mol. The van der Waals surface area contributed by atoms with Crippen molar-refractivity contribution in [3.63, 3.8) is 0 Å². The molecule has 2 nitrogen and oxygen atoms in total. The van der Waals surface area contributed by atoms with Crippen molar-refractivity contribution in [2.75, 3.05) is 0 Å². The maximum absolute atomic E-state index is 14.3. The summed E-state index contributed by atoms with van der Waals surface area (Å²) in [6.07, 6.45) is 0. The SMILES string of the molecule is CC(=O)O/C(=C\I(F)c1ccccc1)C(C)(C)C.FB(F)F. The van der Waals surface area contributed by atoms with E-state index < -0.39 is 33.9 Å². The van der Waals surface area contributed by atoms with Gasteiger partial charge in [0, 0.05) is 0 Å². The van der Waals surface area contributed by atoms with Crippen LogP contribution in [0.4, 0.5) is 15.8 Å². The third kappa shape index (κ3) is 9.80. The summed E-state index contributed by atoms with van der Waals surface area (Å²) in [5.41, 5.74) is -0.373. The quantitative estimate of drug-likeness (QED) is 0.205. The van der Waals surface area contributed by atoms with Gasteiger partial charge in [0.2, 0.25) is 0 Å². The third-order valence-electron chi connectivity index (χ3n) is 2.13. The smallest absolute Gasteiger partial charge is 0.254 e. The molecule has 0 fully saturated rings. The average Bonchev–Trinajstić information content (AvgIpc) is 2.36. The van der Waals surface area contributed by atoms with Crippen molar-refractivity contribution in [2.24, 2.45) is 5.41 Å². The second-order valence-corrected chi connectivity index (χ2v) is 8.49. The van der Waals surface area contributed by atoms with Gasteiger partial charge in [0.15, 0.2) is 0 Å². The Morgan fingerprint density at radius 1 is 1.18 bits per heavy atom. The summed E-state index contributed by atoms with van der Waals surface area (Å²) in [6.45, 7) is 7.03. The van der Waals surface area contributed by atoms with E-state index in [0.29, 0.717) is 9.33 Å². The van der Waals surface area contributed by atoms with Crippen LogP contribution in [0, 0.1) is 8.99 Å². The third-order valence-corrected chi connectivity index (χ3v) is 5.15. The van der Waals surface area contributed by atoms with Crippen molar-refractivity contribution in [2.45, 2.75) is 27.7 Å². The zero-order valence-electron chi connectivity index (χ0n) is 12.7. The van der Waals surface area contributed by atoms with Gasteiger partial charge in [-0.25, -0.2) is 0 Å². The molecule has 0 radical (unpaired) electrons. The van der Waals surface area contributed by atoms with Gasteiger partial charge in [-0.1, -0.05) is 0 Å². The van der Waals surface area contributed by atoms with Crippen molar-refractivity contribution in [1.29, 1.82) is 0 Å². The summed E-state index contributed by atoms with van der Waals surface area (Å²) in [4.78, 5) is 11.1. The van der Waals surface area contributed by atoms with Gasteiger partial charge in [0.25, 0.3) is 0 Å². The number of esters is 1. The first-order chi connectivity index (χ1) is 10.0. The van der Waals surface area contributed by atoms with Gasteiger partial charge in [-0.05, 0) is 0 Å². The summed E-state index contributed by atoms with van der Waals surface area (Å²) in [5, 5.41) is 0. The molecule has 0 atom stereocenters. The Kier molecular flexibility index (Phi) is 9.39. The molecule has 0 saturated heterocycles. The van der Waals surface area contributed by atoms with Crippen molar-refractivity contribution >= 4 is 33.9 Å². The van der Waals surface area contributed by atoms with Crippen molar-refractivity contribution in [3.8, 4) is 0 Å². The Balaban J connectivity index is 0.000000980. The molecule has 0 unspecified atom stereocenters. The minimum atomic E-state index is -3.67. The molecule has 124 valence electrons. The fraction of sp³-hybridized carbons (Fsp3) is 0.357. The van der Waals surface area contributed by atoms with Gasteiger partial charge < -0.3 is 0 Å². The maximum Gasteiger partial charge on any atom is 0.762 e. The number of carbonyl (C=O) groups excluding carboxylic acids is 1. The van der Waals surface area contributed by atoms with Gasteiger partial charge in [-0.3, -0.25) is 12.9 Å². The van der Waals surface area contributed by atoms with Crippen molar-refractivity contribution in [1.82, 2.24) is 0 Å². The normalized spacial score (nSPS) is 12.0. The van der Waals surface area contributed by atoms with Gasteiger partial charge in [0.05, 0.1) is 0 Å². The number of carbonyl (C=O) groups is 1. The summed E-state index contributed by atoms with van der Waals surface area (Å²) in [6, 6.07) is 9.03. The number of allylic oxidation sites excluding steroid dienone is 1. The van der Waals surface area contributed by atoms with E-state index in [4.69, 9.17) is 4.74 Å². The average molecular weight is 432 g/mol. The second-order valence-electron chi connectivity index (χ2n) is 5.12. The maximum atomic E-state index is 14.3. The molecule has 0 amide bonds. The molecule has 0 aliphatic heterocycles. The molecule has 1 aromatic carbocycles. The van der Waals surface area contributed by atoms with Crippen LogP contribution in [0.25, 0.3) is 0 Å². The Morgan fingerprint density at radius 3 is 2.00 bits per heavy atom. The molecule has 0 saturated carbocycles. The topological polar surface area (TPSA) is 26.3 Å². The zero-order valence-corrected chi connectivity index (χ0v) is 14.9. The van der Waals surface area contributed by atoms with Crippen LogP contribution in [0.15, 0.2) is 40.2 Å². The summed E-state index contributed by atoms with van der Waals surface area (Å²) >= 11 is -2.90. The van der Waals surface area contributed by atoms with E-state index in [9.17, 15) is 20.6 Å². The Morgan fingerprint density at radius 2 is 1.64 bits per heavy atom. The number of hydrogen-bond donors (Lipinski definition) is 0. The van der Waals surface area contributed by atoms with E-state index in [1.165, 1.54) is 11.0 Å². The minimum Gasteiger partial charge on any atom is -0.254 e. The van der Waals surface area contributed by atoms with E-state index in [2.05, 4.69) is 0 Å². The number of benzene rings is 1.